The summed E-state index contributed by atoms with van der Waals surface area (Å²) in [6, 6.07) is 5.86. The van der Waals surface area contributed by atoms with Gasteiger partial charge < -0.3 is 14.2 Å². The summed E-state index contributed by atoms with van der Waals surface area (Å²) in [5, 5.41) is 0. The molecular weight excluding hydrogens is 216 g/mol. The summed E-state index contributed by atoms with van der Waals surface area (Å²) in [5.41, 5.74) is 0.671. The van der Waals surface area contributed by atoms with Crippen molar-refractivity contribution in [2.75, 3.05) is 13.4 Å². The Morgan fingerprint density at radius 1 is 1.29 bits per heavy atom. The van der Waals surface area contributed by atoms with Crippen molar-refractivity contribution in [3.63, 3.8) is 0 Å². The predicted molar refractivity (Wildman–Crippen MR) is 65.0 cm³/mol. The van der Waals surface area contributed by atoms with Gasteiger partial charge in [-0.05, 0) is 38.5 Å². The van der Waals surface area contributed by atoms with E-state index >= 15 is 0 Å². The van der Waals surface area contributed by atoms with Crippen LogP contribution in [-0.4, -0.2) is 13.4 Å². The van der Waals surface area contributed by atoms with E-state index in [1.807, 2.05) is 32.0 Å². The molecule has 1 aromatic carbocycles. The maximum Gasteiger partial charge on any atom is 0.231 e. The van der Waals surface area contributed by atoms with E-state index in [-0.39, 0.29) is 5.60 Å². The minimum Gasteiger partial charge on any atom is -0.454 e. The average molecular weight is 232 g/mol. The second-order valence-corrected chi connectivity index (χ2v) is 4.29. The lowest BCUT2D eigenvalue weighted by Crippen LogP contribution is -2.21. The third-order valence-electron chi connectivity index (χ3n) is 2.75. The molecule has 3 heteroatoms. The highest BCUT2D eigenvalue weighted by atomic mass is 16.7. The van der Waals surface area contributed by atoms with Crippen LogP contribution in [0.4, 0.5) is 0 Å². The zero-order valence-corrected chi connectivity index (χ0v) is 10.4. The number of rotatable bonds is 3. The van der Waals surface area contributed by atoms with Crippen LogP contribution in [0.2, 0.25) is 0 Å². The van der Waals surface area contributed by atoms with Crippen LogP contribution < -0.4 is 9.47 Å². The Bertz CT molecular complexity index is 466. The minimum absolute atomic E-state index is 0.293. The van der Waals surface area contributed by atoms with Gasteiger partial charge in [-0.25, -0.2) is 0 Å². The van der Waals surface area contributed by atoms with Crippen molar-refractivity contribution in [3.8, 4) is 23.3 Å². The highest BCUT2D eigenvalue weighted by Crippen LogP contribution is 2.36. The fourth-order valence-corrected chi connectivity index (χ4v) is 1.64. The monoisotopic (exact) mass is 232 g/mol. The van der Waals surface area contributed by atoms with Gasteiger partial charge in [-0.15, -0.1) is 5.92 Å². The standard InChI is InChI=1S/C14H16O3/c1-4-5-8-17-14(2,3)11-6-7-12-13(9-11)16-10-15-12/h6-7,9H,8,10H2,1-3H3. The van der Waals surface area contributed by atoms with Crippen molar-refractivity contribution in [2.24, 2.45) is 0 Å². The molecule has 3 nitrogen and oxygen atoms in total. The molecule has 0 aromatic heterocycles. The average Bonchev–Trinajstić information content (AvgIpc) is 2.76. The quantitative estimate of drug-likeness (QED) is 0.750. The zero-order chi connectivity index (χ0) is 12.3. The number of hydrogen-bond acceptors (Lipinski definition) is 3. The third-order valence-corrected chi connectivity index (χ3v) is 2.75. The topological polar surface area (TPSA) is 27.7 Å². The van der Waals surface area contributed by atoms with Crippen LogP contribution in [0.15, 0.2) is 18.2 Å². The molecule has 0 radical (unpaired) electrons. The second-order valence-electron chi connectivity index (χ2n) is 4.29. The summed E-state index contributed by atoms with van der Waals surface area (Å²) in [7, 11) is 0. The van der Waals surface area contributed by atoms with Crippen LogP contribution in [0.5, 0.6) is 11.5 Å². The van der Waals surface area contributed by atoms with Crippen LogP contribution in [0.1, 0.15) is 26.3 Å². The van der Waals surface area contributed by atoms with Crippen molar-refractivity contribution in [3.05, 3.63) is 23.8 Å². The van der Waals surface area contributed by atoms with Crippen LogP contribution >= 0.6 is 0 Å². The number of hydrogen-bond donors (Lipinski definition) is 0. The molecule has 0 bridgehead atoms. The van der Waals surface area contributed by atoms with Crippen molar-refractivity contribution >= 4 is 0 Å². The molecule has 0 aliphatic carbocycles. The van der Waals surface area contributed by atoms with Crippen molar-refractivity contribution in [1.82, 2.24) is 0 Å². The highest BCUT2D eigenvalue weighted by Gasteiger charge is 2.24. The largest absolute Gasteiger partial charge is 0.454 e. The lowest BCUT2D eigenvalue weighted by molar-refractivity contribution is -0.00184. The highest BCUT2D eigenvalue weighted by molar-refractivity contribution is 5.45. The van der Waals surface area contributed by atoms with Gasteiger partial charge in [-0.1, -0.05) is 12.0 Å². The van der Waals surface area contributed by atoms with Gasteiger partial charge in [0.25, 0.3) is 0 Å². The molecule has 0 fully saturated rings. The lowest BCUT2D eigenvalue weighted by Gasteiger charge is -2.24. The van der Waals surface area contributed by atoms with E-state index in [9.17, 15) is 0 Å². The smallest absolute Gasteiger partial charge is 0.231 e. The third kappa shape index (κ3) is 2.54. The van der Waals surface area contributed by atoms with Gasteiger partial charge in [-0.3, -0.25) is 0 Å². The number of ether oxygens (including phenoxy) is 3. The normalized spacial score (nSPS) is 13.1. The molecule has 0 saturated carbocycles. The van der Waals surface area contributed by atoms with Crippen molar-refractivity contribution in [1.29, 1.82) is 0 Å². The first-order valence-corrected chi connectivity index (χ1v) is 5.57. The molecule has 2 rings (SSSR count). The van der Waals surface area contributed by atoms with Gasteiger partial charge in [0.2, 0.25) is 6.79 Å². The predicted octanol–water partition coefficient (Wildman–Crippen LogP) is 2.69. The Hall–Kier alpha value is -1.66. The summed E-state index contributed by atoms with van der Waals surface area (Å²) in [5.74, 6) is 7.28. The van der Waals surface area contributed by atoms with Crippen molar-refractivity contribution in [2.45, 2.75) is 26.4 Å². The van der Waals surface area contributed by atoms with Gasteiger partial charge in [-0.2, -0.15) is 0 Å². The first kappa shape index (κ1) is 11.8. The molecule has 1 aliphatic rings. The Morgan fingerprint density at radius 3 is 2.82 bits per heavy atom. The summed E-state index contributed by atoms with van der Waals surface area (Å²) >= 11 is 0. The SMILES string of the molecule is CC#CCOC(C)(C)c1ccc2c(c1)OCO2. The van der Waals surface area contributed by atoms with E-state index in [1.54, 1.807) is 6.92 Å². The van der Waals surface area contributed by atoms with Crippen LogP contribution in [0.25, 0.3) is 0 Å². The zero-order valence-electron chi connectivity index (χ0n) is 10.4. The molecule has 0 spiro atoms. The fourth-order valence-electron chi connectivity index (χ4n) is 1.64. The molecule has 1 heterocycles. The van der Waals surface area contributed by atoms with Crippen LogP contribution in [-0.2, 0) is 10.3 Å². The van der Waals surface area contributed by atoms with Gasteiger partial charge in [0.1, 0.15) is 6.61 Å². The van der Waals surface area contributed by atoms with E-state index < -0.39 is 0 Å². The van der Waals surface area contributed by atoms with E-state index in [0.29, 0.717) is 13.4 Å². The molecule has 0 unspecified atom stereocenters. The molecule has 90 valence electrons. The van der Waals surface area contributed by atoms with Gasteiger partial charge in [0, 0.05) is 0 Å². The van der Waals surface area contributed by atoms with Gasteiger partial charge in [0.15, 0.2) is 11.5 Å². The Kier molecular flexibility index (Phi) is 3.26. The molecular formula is C14H16O3. The molecule has 17 heavy (non-hydrogen) atoms. The lowest BCUT2D eigenvalue weighted by atomic mass is 9.97. The Morgan fingerprint density at radius 2 is 2.06 bits per heavy atom. The van der Waals surface area contributed by atoms with E-state index in [1.165, 1.54) is 0 Å². The summed E-state index contributed by atoms with van der Waals surface area (Å²) in [6.07, 6.45) is 0. The van der Waals surface area contributed by atoms with E-state index in [2.05, 4.69) is 11.8 Å². The maximum absolute atomic E-state index is 5.75. The molecule has 0 saturated heterocycles. The second kappa shape index (κ2) is 4.68. The first-order chi connectivity index (χ1) is 8.13. The summed E-state index contributed by atoms with van der Waals surface area (Å²) in [6.45, 7) is 6.56. The summed E-state index contributed by atoms with van der Waals surface area (Å²) < 4.78 is 16.4. The molecule has 1 aromatic rings. The number of fused-ring (bicyclic) bond motifs is 1. The first-order valence-electron chi connectivity index (χ1n) is 5.57. The molecule has 0 N–H and O–H groups in total. The summed E-state index contributed by atoms with van der Waals surface area (Å²) in [4.78, 5) is 0. The molecule has 0 atom stereocenters. The maximum atomic E-state index is 5.75. The fraction of sp³-hybridized carbons (Fsp3) is 0.429. The van der Waals surface area contributed by atoms with Crippen molar-refractivity contribution < 1.29 is 14.2 Å². The van der Waals surface area contributed by atoms with Gasteiger partial charge >= 0.3 is 0 Å². The molecule has 0 amide bonds. The minimum atomic E-state index is -0.384. The van der Waals surface area contributed by atoms with E-state index in [0.717, 1.165) is 17.1 Å². The number of benzene rings is 1. The Balaban J connectivity index is 2.17. The molecule has 1 aliphatic heterocycles. The van der Waals surface area contributed by atoms with Crippen LogP contribution in [0, 0.1) is 11.8 Å². The van der Waals surface area contributed by atoms with Gasteiger partial charge in [0.05, 0.1) is 5.60 Å². The van der Waals surface area contributed by atoms with Crippen LogP contribution in [0.3, 0.4) is 0 Å². The van der Waals surface area contributed by atoms with E-state index in [4.69, 9.17) is 14.2 Å². The Labute approximate surface area is 102 Å².